The third kappa shape index (κ3) is 3.35. The van der Waals surface area contributed by atoms with E-state index in [0.29, 0.717) is 13.1 Å². The minimum Gasteiger partial charge on any atom is -0.507 e. The summed E-state index contributed by atoms with van der Waals surface area (Å²) in [5.74, 6) is -0.268. The highest BCUT2D eigenvalue weighted by Crippen LogP contribution is 2.25. The van der Waals surface area contributed by atoms with Crippen molar-refractivity contribution in [3.05, 3.63) is 41.7 Å². The number of benzene rings is 1. The van der Waals surface area contributed by atoms with Gasteiger partial charge in [-0.25, -0.2) is 0 Å². The molecule has 1 aliphatic rings. The number of amides is 2. The van der Waals surface area contributed by atoms with E-state index in [0.717, 1.165) is 11.3 Å². The van der Waals surface area contributed by atoms with Crippen molar-refractivity contribution in [1.82, 2.24) is 14.7 Å². The highest BCUT2D eigenvalue weighted by atomic mass is 16.3. The Morgan fingerprint density at radius 3 is 2.60 bits per heavy atom. The number of phenols is 1. The zero-order chi connectivity index (χ0) is 18.1. The summed E-state index contributed by atoms with van der Waals surface area (Å²) < 4.78 is 1.63. The maximum atomic E-state index is 12.7. The molecule has 0 bridgehead atoms. The van der Waals surface area contributed by atoms with Crippen LogP contribution in [0.3, 0.4) is 0 Å². The second-order valence-corrected chi connectivity index (χ2v) is 6.58. The van der Waals surface area contributed by atoms with Crippen LogP contribution in [0.15, 0.2) is 30.6 Å². The second-order valence-electron chi connectivity index (χ2n) is 6.58. The molecular weight excluding hydrogens is 320 g/mol. The van der Waals surface area contributed by atoms with E-state index in [9.17, 15) is 14.7 Å². The van der Waals surface area contributed by atoms with Crippen LogP contribution >= 0.6 is 0 Å². The molecule has 0 spiro atoms. The second kappa shape index (κ2) is 6.58. The molecule has 1 aromatic carbocycles. The number of hydrogen-bond donors (Lipinski definition) is 1. The van der Waals surface area contributed by atoms with Gasteiger partial charge in [0.15, 0.2) is 0 Å². The van der Waals surface area contributed by atoms with E-state index in [1.807, 2.05) is 19.9 Å². The van der Waals surface area contributed by atoms with Gasteiger partial charge in [-0.05, 0) is 23.6 Å². The van der Waals surface area contributed by atoms with Crippen molar-refractivity contribution in [1.29, 1.82) is 0 Å². The molecule has 3 rings (SSSR count). The van der Waals surface area contributed by atoms with Gasteiger partial charge in [-0.2, -0.15) is 5.10 Å². The van der Waals surface area contributed by atoms with Gasteiger partial charge >= 0.3 is 0 Å². The Balaban J connectivity index is 1.73. The molecule has 0 saturated carbocycles. The minimum absolute atomic E-state index is 0.0148. The molecule has 7 heteroatoms. The lowest BCUT2D eigenvalue weighted by molar-refractivity contribution is -0.120. The number of hydrogen-bond acceptors (Lipinski definition) is 4. The Bertz CT molecular complexity index is 812. The Morgan fingerprint density at radius 1 is 1.28 bits per heavy atom. The van der Waals surface area contributed by atoms with Gasteiger partial charge in [0, 0.05) is 26.3 Å². The molecule has 7 nitrogen and oxygen atoms in total. The van der Waals surface area contributed by atoms with Gasteiger partial charge in [0.2, 0.25) is 5.91 Å². The lowest BCUT2D eigenvalue weighted by atomic mass is 10.0. The number of nitrogens with zero attached hydrogens (tertiary/aromatic N) is 4. The maximum absolute atomic E-state index is 12.7. The number of anilines is 1. The van der Waals surface area contributed by atoms with Crippen molar-refractivity contribution in [3.8, 4) is 5.75 Å². The van der Waals surface area contributed by atoms with Crippen molar-refractivity contribution in [2.24, 2.45) is 7.05 Å². The van der Waals surface area contributed by atoms with Crippen molar-refractivity contribution >= 4 is 17.5 Å². The summed E-state index contributed by atoms with van der Waals surface area (Å²) >= 11 is 0. The molecule has 1 fully saturated rings. The number of carbonyl (C=O) groups is 2. The van der Waals surface area contributed by atoms with Crippen LogP contribution in [0.4, 0.5) is 5.69 Å². The molecule has 1 aromatic heterocycles. The lowest BCUT2D eigenvalue weighted by Gasteiger charge is -2.33. The van der Waals surface area contributed by atoms with E-state index in [-0.39, 0.29) is 35.6 Å². The molecule has 2 amide bonds. The minimum atomic E-state index is -0.327. The average molecular weight is 342 g/mol. The first-order valence-corrected chi connectivity index (χ1v) is 8.28. The molecule has 1 aliphatic heterocycles. The van der Waals surface area contributed by atoms with E-state index in [1.165, 1.54) is 4.90 Å². The van der Waals surface area contributed by atoms with E-state index < -0.39 is 0 Å². The van der Waals surface area contributed by atoms with Crippen LogP contribution in [0.5, 0.6) is 5.75 Å². The molecule has 0 radical (unpaired) electrons. The summed E-state index contributed by atoms with van der Waals surface area (Å²) in [6.07, 6.45) is 3.40. The topological polar surface area (TPSA) is 78.7 Å². The Hall–Kier alpha value is -2.83. The van der Waals surface area contributed by atoms with Gasteiger partial charge in [-0.1, -0.05) is 19.9 Å². The fraction of sp³-hybridized carbons (Fsp3) is 0.389. The van der Waals surface area contributed by atoms with Crippen molar-refractivity contribution in [2.45, 2.75) is 19.8 Å². The van der Waals surface area contributed by atoms with Crippen LogP contribution < -0.4 is 4.90 Å². The average Bonchev–Trinajstić information content (AvgIpc) is 3.00. The zero-order valence-corrected chi connectivity index (χ0v) is 14.6. The van der Waals surface area contributed by atoms with Crippen LogP contribution in [-0.4, -0.2) is 51.2 Å². The van der Waals surface area contributed by atoms with Crippen LogP contribution in [0.2, 0.25) is 0 Å². The van der Waals surface area contributed by atoms with E-state index in [2.05, 4.69) is 5.10 Å². The highest BCUT2D eigenvalue weighted by molar-refractivity contribution is 6.02. The van der Waals surface area contributed by atoms with Crippen molar-refractivity contribution in [3.63, 3.8) is 0 Å². The van der Waals surface area contributed by atoms with Crippen molar-refractivity contribution < 1.29 is 14.7 Å². The summed E-state index contributed by atoms with van der Waals surface area (Å²) in [4.78, 5) is 28.2. The SMILES string of the molecule is CC(C)c1ccc(C(=O)N2CCN(c3cnn(C)c3)C(=O)C2)c(O)c1. The summed E-state index contributed by atoms with van der Waals surface area (Å²) in [6.45, 7) is 4.84. The number of rotatable bonds is 3. The summed E-state index contributed by atoms with van der Waals surface area (Å²) in [6, 6.07) is 5.09. The molecule has 0 atom stereocenters. The monoisotopic (exact) mass is 342 g/mol. The summed E-state index contributed by atoms with van der Waals surface area (Å²) in [5, 5.41) is 14.3. The highest BCUT2D eigenvalue weighted by Gasteiger charge is 2.30. The van der Waals surface area contributed by atoms with Gasteiger partial charge in [-0.15, -0.1) is 0 Å². The Labute approximate surface area is 146 Å². The van der Waals surface area contributed by atoms with Gasteiger partial charge in [-0.3, -0.25) is 14.3 Å². The third-order valence-corrected chi connectivity index (χ3v) is 4.43. The maximum Gasteiger partial charge on any atom is 0.258 e. The summed E-state index contributed by atoms with van der Waals surface area (Å²) in [7, 11) is 1.79. The lowest BCUT2D eigenvalue weighted by Crippen LogP contribution is -2.52. The van der Waals surface area contributed by atoms with Gasteiger partial charge < -0.3 is 14.9 Å². The molecule has 1 saturated heterocycles. The Kier molecular flexibility index (Phi) is 4.48. The predicted octanol–water partition coefficient (Wildman–Crippen LogP) is 1.74. The first kappa shape index (κ1) is 17.0. The molecular formula is C18H22N4O3. The van der Waals surface area contributed by atoms with Gasteiger partial charge in [0.05, 0.1) is 17.4 Å². The number of phenolic OH excluding ortho intramolecular Hbond substituents is 1. The van der Waals surface area contributed by atoms with Gasteiger partial charge in [0.25, 0.3) is 5.91 Å². The fourth-order valence-corrected chi connectivity index (χ4v) is 2.93. The van der Waals surface area contributed by atoms with E-state index in [1.54, 1.807) is 41.2 Å². The number of carbonyl (C=O) groups excluding carboxylic acids is 2. The Morgan fingerprint density at radius 2 is 2.04 bits per heavy atom. The van der Waals surface area contributed by atoms with E-state index in [4.69, 9.17) is 0 Å². The number of piperazine rings is 1. The molecule has 2 aromatic rings. The van der Waals surface area contributed by atoms with Crippen LogP contribution in [0, 0.1) is 0 Å². The standard InChI is InChI=1S/C18H22N4O3/c1-12(2)13-4-5-15(16(23)8-13)18(25)21-6-7-22(17(24)11-21)14-9-19-20(3)10-14/h4-5,8-10,12,23H,6-7,11H2,1-3H3. The first-order valence-electron chi connectivity index (χ1n) is 8.28. The molecule has 0 unspecified atom stereocenters. The number of aryl methyl sites for hydroxylation is 1. The van der Waals surface area contributed by atoms with E-state index >= 15 is 0 Å². The van der Waals surface area contributed by atoms with Crippen molar-refractivity contribution in [2.75, 3.05) is 24.5 Å². The van der Waals surface area contributed by atoms with Crippen LogP contribution in [0.25, 0.3) is 0 Å². The summed E-state index contributed by atoms with van der Waals surface area (Å²) in [5.41, 5.74) is 1.92. The smallest absolute Gasteiger partial charge is 0.258 e. The normalized spacial score (nSPS) is 15.1. The molecule has 1 N–H and O–H groups in total. The quantitative estimate of drug-likeness (QED) is 0.921. The van der Waals surface area contributed by atoms with Crippen LogP contribution in [-0.2, 0) is 11.8 Å². The molecule has 0 aliphatic carbocycles. The number of aromatic nitrogens is 2. The zero-order valence-electron chi connectivity index (χ0n) is 14.6. The largest absolute Gasteiger partial charge is 0.507 e. The molecule has 2 heterocycles. The fourth-order valence-electron chi connectivity index (χ4n) is 2.93. The van der Waals surface area contributed by atoms with Gasteiger partial charge in [0.1, 0.15) is 12.3 Å². The first-order chi connectivity index (χ1) is 11.9. The molecule has 25 heavy (non-hydrogen) atoms. The van der Waals surface area contributed by atoms with Crippen LogP contribution in [0.1, 0.15) is 35.7 Å². The molecule has 132 valence electrons. The third-order valence-electron chi connectivity index (χ3n) is 4.43. The predicted molar refractivity (Wildman–Crippen MR) is 93.7 cm³/mol. The number of aromatic hydroxyl groups is 1.